The van der Waals surface area contributed by atoms with Gasteiger partial charge in [0.05, 0.1) is 20.3 Å². The molecule has 1 amide bonds. The number of nitrogens with zero attached hydrogens (tertiary/aromatic N) is 2. The van der Waals surface area contributed by atoms with Crippen LogP contribution in [0.15, 0.2) is 24.3 Å². The Morgan fingerprint density at radius 2 is 1.86 bits per heavy atom. The molecule has 0 spiro atoms. The number of likely N-dealkylation sites (tertiary alicyclic amines) is 1. The minimum Gasteiger partial charge on any atom is -0.497 e. The number of ether oxygens (including phenoxy) is 2. The van der Waals surface area contributed by atoms with Crippen molar-refractivity contribution in [2.24, 2.45) is 11.8 Å². The van der Waals surface area contributed by atoms with Crippen LogP contribution in [0.3, 0.4) is 0 Å². The summed E-state index contributed by atoms with van der Waals surface area (Å²) in [5.41, 5.74) is 0.643. The summed E-state index contributed by atoms with van der Waals surface area (Å²) in [6, 6.07) is 7.15. The lowest BCUT2D eigenvalue weighted by molar-refractivity contribution is -0.139. The average molecular weight is 390 g/mol. The molecule has 2 unspecified atom stereocenters. The van der Waals surface area contributed by atoms with Crippen LogP contribution in [0.5, 0.6) is 5.75 Å². The zero-order valence-electron chi connectivity index (χ0n) is 16.5. The highest BCUT2D eigenvalue weighted by molar-refractivity contribution is 5.94. The van der Waals surface area contributed by atoms with Gasteiger partial charge in [-0.1, -0.05) is 0 Å². The molecule has 7 nitrogen and oxygen atoms in total. The molecule has 0 aliphatic carbocycles. The number of hydrogen-bond acceptors (Lipinski definition) is 5. The fourth-order valence-corrected chi connectivity index (χ4v) is 4.17. The molecule has 28 heavy (non-hydrogen) atoms. The SMILES string of the molecule is COc1ccc(C(=O)N2CCC(CC(=O)O)C(CCN3CCOCC3)C2)cc1. The van der Waals surface area contributed by atoms with Crippen molar-refractivity contribution in [3.8, 4) is 5.75 Å². The molecule has 2 aliphatic rings. The number of morpholine rings is 1. The van der Waals surface area contributed by atoms with Gasteiger partial charge in [0.2, 0.25) is 0 Å². The normalized spacial score (nSPS) is 23.4. The second-order valence-electron chi connectivity index (χ2n) is 7.63. The van der Waals surface area contributed by atoms with Gasteiger partial charge in [0.25, 0.3) is 5.91 Å². The maximum absolute atomic E-state index is 12.9. The molecule has 7 heteroatoms. The minimum absolute atomic E-state index is 0.00722. The fourth-order valence-electron chi connectivity index (χ4n) is 4.17. The van der Waals surface area contributed by atoms with Crippen LogP contribution < -0.4 is 4.74 Å². The zero-order valence-corrected chi connectivity index (χ0v) is 16.5. The Morgan fingerprint density at radius 1 is 1.14 bits per heavy atom. The lowest BCUT2D eigenvalue weighted by Crippen LogP contribution is -2.46. The largest absolute Gasteiger partial charge is 0.497 e. The number of aliphatic carboxylic acids is 1. The molecule has 154 valence electrons. The van der Waals surface area contributed by atoms with E-state index in [0.717, 1.165) is 51.4 Å². The predicted octanol–water partition coefficient (Wildman–Crippen LogP) is 1.97. The summed E-state index contributed by atoms with van der Waals surface area (Å²) in [5, 5.41) is 9.28. The monoisotopic (exact) mass is 390 g/mol. The van der Waals surface area contributed by atoms with E-state index in [1.165, 1.54) is 0 Å². The van der Waals surface area contributed by atoms with Crippen molar-refractivity contribution in [3.05, 3.63) is 29.8 Å². The second-order valence-corrected chi connectivity index (χ2v) is 7.63. The Hall–Kier alpha value is -2.12. The molecule has 0 aromatic heterocycles. The highest BCUT2D eigenvalue weighted by Crippen LogP contribution is 2.30. The topological polar surface area (TPSA) is 79.3 Å². The number of carboxylic acids is 1. The van der Waals surface area contributed by atoms with Gasteiger partial charge in [0, 0.05) is 38.2 Å². The van der Waals surface area contributed by atoms with Crippen LogP contribution in [0.4, 0.5) is 0 Å². The van der Waals surface area contributed by atoms with E-state index >= 15 is 0 Å². The van der Waals surface area contributed by atoms with Crippen molar-refractivity contribution in [2.75, 3.05) is 53.0 Å². The molecule has 3 rings (SSSR count). The van der Waals surface area contributed by atoms with Gasteiger partial charge < -0.3 is 19.5 Å². The van der Waals surface area contributed by atoms with Crippen LogP contribution >= 0.6 is 0 Å². The predicted molar refractivity (Wildman–Crippen MR) is 105 cm³/mol. The van der Waals surface area contributed by atoms with Crippen LogP contribution in [-0.2, 0) is 9.53 Å². The Morgan fingerprint density at radius 3 is 2.50 bits per heavy atom. The molecular weight excluding hydrogens is 360 g/mol. The number of benzene rings is 1. The molecule has 2 fully saturated rings. The second kappa shape index (κ2) is 9.89. The minimum atomic E-state index is -0.753. The van der Waals surface area contributed by atoms with Crippen LogP contribution in [0.1, 0.15) is 29.6 Å². The average Bonchev–Trinajstić information content (AvgIpc) is 2.73. The summed E-state index contributed by atoms with van der Waals surface area (Å²) in [6.07, 6.45) is 1.82. The molecule has 0 radical (unpaired) electrons. The quantitative estimate of drug-likeness (QED) is 0.767. The number of amides is 1. The van der Waals surface area contributed by atoms with E-state index in [4.69, 9.17) is 9.47 Å². The molecule has 1 N–H and O–H groups in total. The first-order valence-electron chi connectivity index (χ1n) is 10.0. The Balaban J connectivity index is 1.63. The summed E-state index contributed by atoms with van der Waals surface area (Å²) >= 11 is 0. The van der Waals surface area contributed by atoms with Crippen molar-refractivity contribution in [3.63, 3.8) is 0 Å². The van der Waals surface area contributed by atoms with E-state index in [0.29, 0.717) is 18.7 Å². The molecule has 2 heterocycles. The van der Waals surface area contributed by atoms with Gasteiger partial charge in [-0.3, -0.25) is 14.5 Å². The van der Waals surface area contributed by atoms with Gasteiger partial charge >= 0.3 is 5.97 Å². The first kappa shape index (κ1) is 20.6. The standard InChI is InChI=1S/C21H30N2O5/c1-27-19-4-2-16(3-5-19)21(26)23-9-7-17(14-20(24)25)18(15-23)6-8-22-10-12-28-13-11-22/h2-5,17-18H,6-15H2,1H3,(H,24,25). The van der Waals surface area contributed by atoms with E-state index in [-0.39, 0.29) is 24.2 Å². The number of piperidine rings is 1. The third-order valence-electron chi connectivity index (χ3n) is 5.87. The zero-order chi connectivity index (χ0) is 19.9. The van der Waals surface area contributed by atoms with Crippen molar-refractivity contribution in [1.29, 1.82) is 0 Å². The van der Waals surface area contributed by atoms with E-state index in [2.05, 4.69) is 4.90 Å². The molecule has 2 saturated heterocycles. The first-order chi connectivity index (χ1) is 13.6. The van der Waals surface area contributed by atoms with Gasteiger partial charge in [0.1, 0.15) is 5.75 Å². The Labute approximate surface area is 166 Å². The number of carbonyl (C=O) groups is 2. The molecule has 1 aromatic rings. The summed E-state index contributed by atoms with van der Waals surface area (Å²) < 4.78 is 10.6. The smallest absolute Gasteiger partial charge is 0.303 e. The van der Waals surface area contributed by atoms with E-state index in [1.54, 1.807) is 31.4 Å². The summed E-state index contributed by atoms with van der Waals surface area (Å²) in [6.45, 7) is 5.50. The van der Waals surface area contributed by atoms with Crippen molar-refractivity contribution >= 4 is 11.9 Å². The van der Waals surface area contributed by atoms with Gasteiger partial charge in [-0.15, -0.1) is 0 Å². The van der Waals surface area contributed by atoms with Gasteiger partial charge in [-0.05, 0) is 55.5 Å². The van der Waals surface area contributed by atoms with Crippen LogP contribution in [0.2, 0.25) is 0 Å². The Bertz CT molecular complexity index is 657. The fraction of sp³-hybridized carbons (Fsp3) is 0.619. The maximum atomic E-state index is 12.9. The van der Waals surface area contributed by atoms with Crippen molar-refractivity contribution < 1.29 is 24.2 Å². The van der Waals surface area contributed by atoms with Crippen LogP contribution in [0, 0.1) is 11.8 Å². The van der Waals surface area contributed by atoms with Gasteiger partial charge in [0.15, 0.2) is 0 Å². The molecule has 0 bridgehead atoms. The third-order valence-corrected chi connectivity index (χ3v) is 5.87. The molecule has 0 saturated carbocycles. The maximum Gasteiger partial charge on any atom is 0.303 e. The van der Waals surface area contributed by atoms with Crippen LogP contribution in [-0.4, -0.2) is 79.8 Å². The summed E-state index contributed by atoms with van der Waals surface area (Å²) in [4.78, 5) is 28.5. The van der Waals surface area contributed by atoms with Crippen LogP contribution in [0.25, 0.3) is 0 Å². The van der Waals surface area contributed by atoms with E-state index < -0.39 is 5.97 Å². The number of methoxy groups -OCH3 is 1. The van der Waals surface area contributed by atoms with Crippen molar-refractivity contribution in [1.82, 2.24) is 9.80 Å². The number of rotatable bonds is 7. The number of carbonyl (C=O) groups excluding carboxylic acids is 1. The van der Waals surface area contributed by atoms with E-state index in [1.807, 2.05) is 4.90 Å². The molecule has 2 atom stereocenters. The summed E-state index contributed by atoms with van der Waals surface area (Å²) in [7, 11) is 1.60. The van der Waals surface area contributed by atoms with E-state index in [9.17, 15) is 14.7 Å². The van der Waals surface area contributed by atoms with Crippen molar-refractivity contribution in [2.45, 2.75) is 19.3 Å². The highest BCUT2D eigenvalue weighted by Gasteiger charge is 2.33. The lowest BCUT2D eigenvalue weighted by Gasteiger charge is -2.39. The highest BCUT2D eigenvalue weighted by atomic mass is 16.5. The lowest BCUT2D eigenvalue weighted by atomic mass is 9.81. The van der Waals surface area contributed by atoms with Gasteiger partial charge in [-0.25, -0.2) is 0 Å². The molecule has 1 aromatic carbocycles. The van der Waals surface area contributed by atoms with Gasteiger partial charge in [-0.2, -0.15) is 0 Å². The summed E-state index contributed by atoms with van der Waals surface area (Å²) in [5.74, 6) is 0.303. The number of hydrogen-bond donors (Lipinski definition) is 1. The number of carboxylic acid groups (broad SMARTS) is 1. The Kier molecular flexibility index (Phi) is 7.28. The molecule has 2 aliphatic heterocycles. The third kappa shape index (κ3) is 5.45. The first-order valence-corrected chi connectivity index (χ1v) is 10.0. The molecular formula is C21H30N2O5.